The first kappa shape index (κ1) is 17.3. The summed E-state index contributed by atoms with van der Waals surface area (Å²) < 4.78 is 0. The molecular weight excluding hydrogens is 278 g/mol. The van der Waals surface area contributed by atoms with E-state index in [2.05, 4.69) is 22.9 Å². The molecule has 2 amide bonds. The summed E-state index contributed by atoms with van der Waals surface area (Å²) in [6.07, 6.45) is 8.73. The maximum atomic E-state index is 12.2. The van der Waals surface area contributed by atoms with E-state index in [0.717, 1.165) is 32.2 Å². The van der Waals surface area contributed by atoms with Crippen LogP contribution in [-0.2, 0) is 9.59 Å². The van der Waals surface area contributed by atoms with Gasteiger partial charge in [0.05, 0.1) is 0 Å². The van der Waals surface area contributed by atoms with Crippen LogP contribution in [-0.4, -0.2) is 36.5 Å². The van der Waals surface area contributed by atoms with Gasteiger partial charge in [0.25, 0.3) is 0 Å². The molecule has 0 aromatic rings. The van der Waals surface area contributed by atoms with E-state index in [9.17, 15) is 9.59 Å². The van der Waals surface area contributed by atoms with Gasteiger partial charge in [-0.3, -0.25) is 9.59 Å². The van der Waals surface area contributed by atoms with E-state index >= 15 is 0 Å². The Morgan fingerprint density at radius 2 is 1.86 bits per heavy atom. The van der Waals surface area contributed by atoms with Crippen LogP contribution in [0.5, 0.6) is 0 Å². The minimum absolute atomic E-state index is 0.0179. The summed E-state index contributed by atoms with van der Waals surface area (Å²) >= 11 is 0. The molecule has 3 unspecified atom stereocenters. The summed E-state index contributed by atoms with van der Waals surface area (Å²) in [6, 6.07) is 0.00649. The highest BCUT2D eigenvalue weighted by Crippen LogP contribution is 2.26. The Morgan fingerprint density at radius 1 is 1.14 bits per heavy atom. The molecule has 126 valence electrons. The van der Waals surface area contributed by atoms with Crippen molar-refractivity contribution in [3.05, 3.63) is 0 Å². The Kier molecular flexibility index (Phi) is 6.68. The zero-order valence-electron chi connectivity index (χ0n) is 14.0. The second-order valence-electron chi connectivity index (χ2n) is 7.00. The van der Waals surface area contributed by atoms with Gasteiger partial charge in [0.2, 0.25) is 11.8 Å². The highest BCUT2D eigenvalue weighted by molar-refractivity contribution is 5.87. The van der Waals surface area contributed by atoms with E-state index < -0.39 is 6.04 Å². The second kappa shape index (κ2) is 8.51. The van der Waals surface area contributed by atoms with Crippen molar-refractivity contribution in [2.75, 3.05) is 6.54 Å². The third-order valence-corrected chi connectivity index (χ3v) is 5.06. The minimum Gasteiger partial charge on any atom is -0.350 e. The van der Waals surface area contributed by atoms with Gasteiger partial charge in [0.1, 0.15) is 6.04 Å². The van der Waals surface area contributed by atoms with E-state index in [1.807, 2.05) is 0 Å². The average Bonchev–Trinajstić information content (AvgIpc) is 2.50. The fourth-order valence-corrected chi connectivity index (χ4v) is 3.57. The third-order valence-electron chi connectivity index (χ3n) is 5.06. The van der Waals surface area contributed by atoms with Gasteiger partial charge >= 0.3 is 0 Å². The highest BCUT2D eigenvalue weighted by Gasteiger charge is 2.25. The van der Waals surface area contributed by atoms with Crippen LogP contribution in [0.2, 0.25) is 0 Å². The summed E-state index contributed by atoms with van der Waals surface area (Å²) in [5, 5.41) is 9.29. The molecule has 2 fully saturated rings. The Bertz CT molecular complexity index is 380. The molecule has 0 radical (unpaired) electrons. The van der Waals surface area contributed by atoms with Crippen LogP contribution in [0.1, 0.15) is 65.2 Å². The van der Waals surface area contributed by atoms with Crippen LogP contribution in [0.4, 0.5) is 0 Å². The molecule has 3 N–H and O–H groups in total. The molecule has 0 spiro atoms. The topological polar surface area (TPSA) is 70.2 Å². The molecule has 3 atom stereocenters. The smallest absolute Gasteiger partial charge is 0.242 e. The van der Waals surface area contributed by atoms with Gasteiger partial charge in [0, 0.05) is 18.5 Å². The van der Waals surface area contributed by atoms with Gasteiger partial charge in [-0.2, -0.15) is 0 Å². The Morgan fingerprint density at radius 3 is 2.55 bits per heavy atom. The first-order valence-electron chi connectivity index (χ1n) is 8.89. The van der Waals surface area contributed by atoms with Crippen molar-refractivity contribution in [2.45, 2.75) is 83.3 Å². The molecule has 22 heavy (non-hydrogen) atoms. The van der Waals surface area contributed by atoms with Gasteiger partial charge in [-0.15, -0.1) is 0 Å². The van der Waals surface area contributed by atoms with Crippen LogP contribution < -0.4 is 16.0 Å². The lowest BCUT2D eigenvalue weighted by Gasteiger charge is -2.31. The molecule has 5 nitrogen and oxygen atoms in total. The number of nitrogens with one attached hydrogen (secondary N) is 3. The van der Waals surface area contributed by atoms with Crippen LogP contribution in [0.15, 0.2) is 0 Å². The molecule has 0 bridgehead atoms. The largest absolute Gasteiger partial charge is 0.350 e. The molecule has 0 aromatic carbocycles. The van der Waals surface area contributed by atoms with E-state index in [4.69, 9.17) is 0 Å². The van der Waals surface area contributed by atoms with Crippen molar-refractivity contribution in [2.24, 2.45) is 5.92 Å². The zero-order chi connectivity index (χ0) is 15.9. The summed E-state index contributed by atoms with van der Waals surface area (Å²) in [5.41, 5.74) is 0. The summed E-state index contributed by atoms with van der Waals surface area (Å²) in [7, 11) is 0. The number of carbonyl (C=O) groups excluding carboxylic acids is 2. The molecule has 2 aliphatic rings. The Labute approximate surface area is 134 Å². The average molecular weight is 309 g/mol. The van der Waals surface area contributed by atoms with Gasteiger partial charge < -0.3 is 16.0 Å². The molecule has 1 saturated heterocycles. The van der Waals surface area contributed by atoms with Crippen molar-refractivity contribution < 1.29 is 9.59 Å². The molecule has 2 rings (SSSR count). The first-order valence-corrected chi connectivity index (χ1v) is 8.89. The molecule has 1 aliphatic heterocycles. The molecule has 1 heterocycles. The second-order valence-corrected chi connectivity index (χ2v) is 7.00. The number of hydrogen-bond acceptors (Lipinski definition) is 3. The molecule has 5 heteroatoms. The maximum Gasteiger partial charge on any atom is 0.242 e. The van der Waals surface area contributed by atoms with Crippen LogP contribution >= 0.6 is 0 Å². The first-order chi connectivity index (χ1) is 10.6. The van der Waals surface area contributed by atoms with Crippen LogP contribution in [0, 0.1) is 5.92 Å². The predicted molar refractivity (Wildman–Crippen MR) is 87.4 cm³/mol. The van der Waals surface area contributed by atoms with Crippen molar-refractivity contribution in [1.29, 1.82) is 0 Å². The van der Waals surface area contributed by atoms with Gasteiger partial charge in [-0.1, -0.05) is 19.3 Å². The standard InChI is InChI=1S/C17H31N3O2/c1-12-15(9-6-10-18-12)20-17(22)13(2)19-16(21)11-14-7-4-3-5-8-14/h12-15,18H,3-11H2,1-2H3,(H,19,21)(H,20,22). The van der Waals surface area contributed by atoms with Crippen molar-refractivity contribution in [3.63, 3.8) is 0 Å². The fourth-order valence-electron chi connectivity index (χ4n) is 3.57. The molecule has 1 aliphatic carbocycles. The normalized spacial score (nSPS) is 27.9. The quantitative estimate of drug-likeness (QED) is 0.724. The van der Waals surface area contributed by atoms with Crippen LogP contribution in [0.3, 0.4) is 0 Å². The fraction of sp³-hybridized carbons (Fsp3) is 0.882. The van der Waals surface area contributed by atoms with Gasteiger partial charge in [-0.25, -0.2) is 0 Å². The highest BCUT2D eigenvalue weighted by atomic mass is 16.2. The summed E-state index contributed by atoms with van der Waals surface area (Å²) in [5.74, 6) is 0.452. The predicted octanol–water partition coefficient (Wildman–Crippen LogP) is 1.72. The number of piperidine rings is 1. The van der Waals surface area contributed by atoms with E-state index in [1.54, 1.807) is 6.92 Å². The Hall–Kier alpha value is -1.10. The maximum absolute atomic E-state index is 12.2. The minimum atomic E-state index is -0.454. The monoisotopic (exact) mass is 309 g/mol. The Balaban J connectivity index is 1.71. The zero-order valence-corrected chi connectivity index (χ0v) is 14.0. The SMILES string of the molecule is CC(NC(=O)CC1CCCCC1)C(=O)NC1CCCNC1C. The van der Waals surface area contributed by atoms with Crippen molar-refractivity contribution in [1.82, 2.24) is 16.0 Å². The van der Waals surface area contributed by atoms with Crippen molar-refractivity contribution in [3.8, 4) is 0 Å². The molecule has 0 aromatic heterocycles. The van der Waals surface area contributed by atoms with E-state index in [-0.39, 0.29) is 17.9 Å². The lowest BCUT2D eigenvalue weighted by molar-refractivity contribution is -0.129. The molecular formula is C17H31N3O2. The lowest BCUT2D eigenvalue weighted by Crippen LogP contribution is -2.55. The van der Waals surface area contributed by atoms with Gasteiger partial charge in [0.15, 0.2) is 0 Å². The summed E-state index contributed by atoms with van der Waals surface area (Å²) in [4.78, 5) is 24.3. The number of carbonyl (C=O) groups is 2. The molecule has 1 saturated carbocycles. The van der Waals surface area contributed by atoms with Crippen LogP contribution in [0.25, 0.3) is 0 Å². The third kappa shape index (κ3) is 5.27. The summed E-state index contributed by atoms with van der Waals surface area (Å²) in [6.45, 7) is 4.88. The van der Waals surface area contributed by atoms with Crippen molar-refractivity contribution >= 4 is 11.8 Å². The number of rotatable bonds is 5. The lowest BCUT2D eigenvalue weighted by atomic mass is 9.87. The van der Waals surface area contributed by atoms with Gasteiger partial charge in [-0.05, 0) is 52.0 Å². The van der Waals surface area contributed by atoms with E-state index in [1.165, 1.54) is 19.3 Å². The number of amides is 2. The number of hydrogen-bond donors (Lipinski definition) is 3. The van der Waals surface area contributed by atoms with E-state index in [0.29, 0.717) is 18.4 Å².